The molecule has 3 nitrogen and oxygen atoms in total. The first-order chi connectivity index (χ1) is 10.0. The van der Waals surface area contributed by atoms with E-state index in [0.29, 0.717) is 12.2 Å². The minimum atomic E-state index is -0.893. The number of benzene rings is 2. The lowest BCUT2D eigenvalue weighted by Crippen LogP contribution is -2.09. The summed E-state index contributed by atoms with van der Waals surface area (Å²) >= 11 is 0. The van der Waals surface area contributed by atoms with E-state index in [-0.39, 0.29) is 0 Å². The second-order valence-corrected chi connectivity index (χ2v) is 5.48. The van der Waals surface area contributed by atoms with Crippen LogP contribution in [0.1, 0.15) is 27.2 Å². The Morgan fingerprint density at radius 1 is 1.05 bits per heavy atom. The molecule has 0 atom stereocenters. The van der Waals surface area contributed by atoms with E-state index in [9.17, 15) is 9.90 Å². The molecule has 3 rings (SSSR count). The Bertz CT molecular complexity index is 810. The van der Waals surface area contributed by atoms with E-state index in [2.05, 4.69) is 32.0 Å². The highest BCUT2D eigenvalue weighted by Crippen LogP contribution is 2.22. The van der Waals surface area contributed by atoms with Gasteiger partial charge in [0.2, 0.25) is 0 Å². The summed E-state index contributed by atoms with van der Waals surface area (Å²) in [5.74, 6) is -0.893. The van der Waals surface area contributed by atoms with E-state index in [1.165, 1.54) is 11.1 Å². The number of carboxylic acid groups (broad SMARTS) is 1. The lowest BCUT2D eigenvalue weighted by Gasteiger charge is -2.10. The molecule has 0 amide bonds. The lowest BCUT2D eigenvalue weighted by molar-refractivity contribution is 0.0686. The highest BCUT2D eigenvalue weighted by molar-refractivity contribution is 5.94. The molecule has 0 aliphatic heterocycles. The smallest absolute Gasteiger partial charge is 0.352 e. The van der Waals surface area contributed by atoms with Gasteiger partial charge in [-0.05, 0) is 31.5 Å². The summed E-state index contributed by atoms with van der Waals surface area (Å²) in [5.41, 5.74) is 4.79. The van der Waals surface area contributed by atoms with E-state index in [1.54, 1.807) is 6.07 Å². The molecule has 3 aromatic rings. The van der Waals surface area contributed by atoms with E-state index < -0.39 is 5.97 Å². The molecular weight excluding hydrogens is 262 g/mol. The number of rotatable bonds is 3. The van der Waals surface area contributed by atoms with Gasteiger partial charge in [0.1, 0.15) is 5.69 Å². The molecular formula is C18H17NO2. The predicted molar refractivity (Wildman–Crippen MR) is 83.9 cm³/mol. The summed E-state index contributed by atoms with van der Waals surface area (Å²) in [5, 5.41) is 10.4. The Balaban J connectivity index is 2.14. The topological polar surface area (TPSA) is 42.2 Å². The molecule has 0 bridgehead atoms. The maximum atomic E-state index is 11.5. The zero-order valence-electron chi connectivity index (χ0n) is 12.1. The van der Waals surface area contributed by atoms with E-state index in [1.807, 2.05) is 28.8 Å². The Labute approximate surface area is 123 Å². The summed E-state index contributed by atoms with van der Waals surface area (Å²) in [7, 11) is 0. The summed E-state index contributed by atoms with van der Waals surface area (Å²) in [6.45, 7) is 4.68. The monoisotopic (exact) mass is 279 g/mol. The molecule has 0 radical (unpaired) electrons. The van der Waals surface area contributed by atoms with Crippen LogP contribution in [0.5, 0.6) is 0 Å². The highest BCUT2D eigenvalue weighted by Gasteiger charge is 2.14. The number of fused-ring (bicyclic) bond motifs is 1. The maximum absolute atomic E-state index is 11.5. The number of hydrogen-bond acceptors (Lipinski definition) is 1. The lowest BCUT2D eigenvalue weighted by atomic mass is 10.1. The molecule has 2 aromatic carbocycles. The number of aryl methyl sites for hydroxylation is 2. The van der Waals surface area contributed by atoms with Crippen LogP contribution in [-0.2, 0) is 6.54 Å². The van der Waals surface area contributed by atoms with Crippen molar-refractivity contribution >= 4 is 16.9 Å². The number of aromatic carboxylic acids is 1. The van der Waals surface area contributed by atoms with Crippen LogP contribution in [0.2, 0.25) is 0 Å². The molecule has 3 heteroatoms. The minimum Gasteiger partial charge on any atom is -0.477 e. The Morgan fingerprint density at radius 3 is 2.38 bits per heavy atom. The van der Waals surface area contributed by atoms with Crippen LogP contribution in [0.4, 0.5) is 0 Å². The van der Waals surface area contributed by atoms with Gasteiger partial charge in [-0.25, -0.2) is 4.79 Å². The summed E-state index contributed by atoms with van der Waals surface area (Å²) in [6.07, 6.45) is 0. The van der Waals surface area contributed by atoms with Crippen molar-refractivity contribution in [3.8, 4) is 0 Å². The number of carboxylic acids is 1. The third-order valence-electron chi connectivity index (χ3n) is 3.65. The Hall–Kier alpha value is -2.55. The third-order valence-corrected chi connectivity index (χ3v) is 3.65. The zero-order valence-corrected chi connectivity index (χ0v) is 12.1. The zero-order chi connectivity index (χ0) is 15.0. The standard InChI is InChI=1S/C18H17NO2/c1-12-7-13(2)9-14(8-12)11-19-16-6-4-3-5-15(16)10-17(19)18(20)21/h3-10H,11H2,1-2H3,(H,20,21). The van der Waals surface area contributed by atoms with Gasteiger partial charge in [-0.1, -0.05) is 47.5 Å². The molecule has 0 aliphatic rings. The minimum absolute atomic E-state index is 0.329. The van der Waals surface area contributed by atoms with Gasteiger partial charge in [-0.15, -0.1) is 0 Å². The van der Waals surface area contributed by atoms with Crippen molar-refractivity contribution in [3.63, 3.8) is 0 Å². The van der Waals surface area contributed by atoms with Gasteiger partial charge in [0, 0.05) is 17.4 Å². The molecule has 0 saturated carbocycles. The van der Waals surface area contributed by atoms with Gasteiger partial charge in [0.25, 0.3) is 0 Å². The van der Waals surface area contributed by atoms with Crippen molar-refractivity contribution in [1.82, 2.24) is 4.57 Å². The highest BCUT2D eigenvalue weighted by atomic mass is 16.4. The number of nitrogens with zero attached hydrogens (tertiary/aromatic N) is 1. The first kappa shape index (κ1) is 13.4. The van der Waals surface area contributed by atoms with Crippen molar-refractivity contribution in [1.29, 1.82) is 0 Å². The molecule has 1 heterocycles. The number of aromatic nitrogens is 1. The van der Waals surface area contributed by atoms with Crippen LogP contribution in [-0.4, -0.2) is 15.6 Å². The maximum Gasteiger partial charge on any atom is 0.352 e. The first-order valence-corrected chi connectivity index (χ1v) is 6.93. The fraction of sp³-hybridized carbons (Fsp3) is 0.167. The molecule has 0 fully saturated rings. The molecule has 21 heavy (non-hydrogen) atoms. The summed E-state index contributed by atoms with van der Waals surface area (Å²) in [4.78, 5) is 11.5. The molecule has 0 saturated heterocycles. The van der Waals surface area contributed by atoms with Crippen LogP contribution >= 0.6 is 0 Å². The largest absolute Gasteiger partial charge is 0.477 e. The molecule has 1 N–H and O–H groups in total. The quantitative estimate of drug-likeness (QED) is 0.787. The summed E-state index contributed by atoms with van der Waals surface area (Å²) in [6, 6.07) is 15.8. The van der Waals surface area contributed by atoms with Crippen molar-refractivity contribution in [2.75, 3.05) is 0 Å². The average Bonchev–Trinajstić information content (AvgIpc) is 2.77. The fourth-order valence-electron chi connectivity index (χ4n) is 2.90. The van der Waals surface area contributed by atoms with Crippen LogP contribution in [0.15, 0.2) is 48.5 Å². The van der Waals surface area contributed by atoms with Crippen LogP contribution in [0, 0.1) is 13.8 Å². The SMILES string of the molecule is Cc1cc(C)cc(Cn2c(C(=O)O)cc3ccccc32)c1. The normalized spacial score (nSPS) is 11.0. The van der Waals surface area contributed by atoms with Crippen molar-refractivity contribution in [2.45, 2.75) is 20.4 Å². The van der Waals surface area contributed by atoms with E-state index in [4.69, 9.17) is 0 Å². The van der Waals surface area contributed by atoms with Crippen LogP contribution in [0.3, 0.4) is 0 Å². The molecule has 0 spiro atoms. The van der Waals surface area contributed by atoms with Gasteiger partial charge in [0.05, 0.1) is 0 Å². The van der Waals surface area contributed by atoms with E-state index >= 15 is 0 Å². The number of para-hydroxylation sites is 1. The molecule has 0 aliphatic carbocycles. The van der Waals surface area contributed by atoms with Gasteiger partial charge in [-0.2, -0.15) is 0 Å². The average molecular weight is 279 g/mol. The molecule has 106 valence electrons. The van der Waals surface area contributed by atoms with E-state index in [0.717, 1.165) is 16.5 Å². The first-order valence-electron chi connectivity index (χ1n) is 6.93. The predicted octanol–water partition coefficient (Wildman–Crippen LogP) is 4.00. The third kappa shape index (κ3) is 2.55. The summed E-state index contributed by atoms with van der Waals surface area (Å²) < 4.78 is 1.87. The van der Waals surface area contributed by atoms with Crippen molar-refractivity contribution < 1.29 is 9.90 Å². The van der Waals surface area contributed by atoms with Crippen LogP contribution < -0.4 is 0 Å². The number of hydrogen-bond donors (Lipinski definition) is 1. The van der Waals surface area contributed by atoms with Gasteiger partial charge < -0.3 is 9.67 Å². The van der Waals surface area contributed by atoms with Gasteiger partial charge in [-0.3, -0.25) is 0 Å². The van der Waals surface area contributed by atoms with Gasteiger partial charge in [0.15, 0.2) is 0 Å². The Morgan fingerprint density at radius 2 is 1.71 bits per heavy atom. The molecule has 0 unspecified atom stereocenters. The Kier molecular flexibility index (Phi) is 3.26. The van der Waals surface area contributed by atoms with Crippen molar-refractivity contribution in [2.24, 2.45) is 0 Å². The number of carbonyl (C=O) groups is 1. The van der Waals surface area contributed by atoms with Crippen molar-refractivity contribution in [3.05, 3.63) is 70.9 Å². The second kappa shape index (κ2) is 5.09. The second-order valence-electron chi connectivity index (χ2n) is 5.48. The fourth-order valence-corrected chi connectivity index (χ4v) is 2.90. The van der Waals surface area contributed by atoms with Gasteiger partial charge >= 0.3 is 5.97 Å². The van der Waals surface area contributed by atoms with Crippen LogP contribution in [0.25, 0.3) is 10.9 Å². The molecule has 1 aromatic heterocycles.